The molecule has 98 valence electrons. The summed E-state index contributed by atoms with van der Waals surface area (Å²) in [5.41, 5.74) is 0.701. The molecule has 1 heterocycles. The van der Waals surface area contributed by atoms with Crippen molar-refractivity contribution >= 4 is 0 Å². The number of rotatable bonds is 8. The number of hydrogen-bond acceptors (Lipinski definition) is 5. The number of nitrogens with zero attached hydrogens (tertiary/aromatic N) is 1. The van der Waals surface area contributed by atoms with E-state index in [-0.39, 0.29) is 5.60 Å². The molecule has 0 unspecified atom stereocenters. The second-order valence-corrected chi connectivity index (χ2v) is 4.53. The van der Waals surface area contributed by atoms with Crippen molar-refractivity contribution in [1.29, 1.82) is 0 Å². The van der Waals surface area contributed by atoms with Gasteiger partial charge >= 0.3 is 0 Å². The molecule has 0 aliphatic carbocycles. The summed E-state index contributed by atoms with van der Waals surface area (Å²) in [7, 11) is 3.39. The van der Waals surface area contributed by atoms with Crippen LogP contribution in [0.3, 0.4) is 0 Å². The third-order valence-corrected chi connectivity index (χ3v) is 2.64. The van der Waals surface area contributed by atoms with Crippen molar-refractivity contribution < 1.29 is 13.9 Å². The summed E-state index contributed by atoms with van der Waals surface area (Å²) < 4.78 is 15.7. The quantitative estimate of drug-likeness (QED) is 0.698. The minimum absolute atomic E-state index is 0.235. The van der Waals surface area contributed by atoms with E-state index in [1.165, 1.54) is 6.39 Å². The highest BCUT2D eigenvalue weighted by atomic mass is 16.5. The Kier molecular flexibility index (Phi) is 5.61. The van der Waals surface area contributed by atoms with Crippen molar-refractivity contribution in [3.8, 4) is 0 Å². The molecule has 0 atom stereocenters. The zero-order valence-electron chi connectivity index (χ0n) is 11.1. The van der Waals surface area contributed by atoms with Crippen LogP contribution in [-0.2, 0) is 22.4 Å². The van der Waals surface area contributed by atoms with Crippen LogP contribution in [0.2, 0.25) is 0 Å². The molecule has 0 spiro atoms. The first-order chi connectivity index (χ1) is 8.09. The van der Waals surface area contributed by atoms with Crippen LogP contribution in [0.25, 0.3) is 0 Å². The molecule has 0 saturated heterocycles. The molecule has 1 N–H and O–H groups in total. The Morgan fingerprint density at radius 1 is 1.41 bits per heavy atom. The van der Waals surface area contributed by atoms with E-state index in [2.05, 4.69) is 10.3 Å². The van der Waals surface area contributed by atoms with Gasteiger partial charge in [-0.05, 0) is 13.8 Å². The maximum absolute atomic E-state index is 5.40. The van der Waals surface area contributed by atoms with Gasteiger partial charge in [0.2, 0.25) is 0 Å². The molecule has 1 aromatic heterocycles. The fourth-order valence-electron chi connectivity index (χ4n) is 1.42. The Morgan fingerprint density at radius 3 is 2.82 bits per heavy atom. The number of ether oxygens (including phenoxy) is 2. The second kappa shape index (κ2) is 6.74. The molecular formula is C12H22N2O3. The Bertz CT molecular complexity index is 323. The van der Waals surface area contributed by atoms with Crippen LogP contribution in [0.5, 0.6) is 0 Å². The van der Waals surface area contributed by atoms with E-state index < -0.39 is 0 Å². The summed E-state index contributed by atoms with van der Waals surface area (Å²) in [6.07, 6.45) is 2.19. The zero-order valence-corrected chi connectivity index (χ0v) is 11.1. The average molecular weight is 242 g/mol. The second-order valence-electron chi connectivity index (χ2n) is 4.53. The largest absolute Gasteiger partial charge is 0.448 e. The summed E-state index contributed by atoms with van der Waals surface area (Å²) in [5, 5.41) is 3.24. The highest BCUT2D eigenvalue weighted by Gasteiger charge is 2.21. The summed E-state index contributed by atoms with van der Waals surface area (Å²) in [6, 6.07) is 0. The topological polar surface area (TPSA) is 56.5 Å². The lowest BCUT2D eigenvalue weighted by atomic mass is 10.0. The average Bonchev–Trinajstić information content (AvgIpc) is 2.71. The first-order valence-corrected chi connectivity index (χ1v) is 5.75. The van der Waals surface area contributed by atoms with Crippen molar-refractivity contribution in [2.24, 2.45) is 0 Å². The molecule has 5 nitrogen and oxygen atoms in total. The summed E-state index contributed by atoms with van der Waals surface area (Å²) in [4.78, 5) is 4.21. The summed E-state index contributed by atoms with van der Waals surface area (Å²) in [5.74, 6) is 0.877. The molecule has 0 saturated carbocycles. The van der Waals surface area contributed by atoms with Gasteiger partial charge in [0.05, 0.1) is 17.9 Å². The van der Waals surface area contributed by atoms with Gasteiger partial charge in [0.1, 0.15) is 5.76 Å². The Hall–Kier alpha value is -0.910. The van der Waals surface area contributed by atoms with Crippen LogP contribution in [-0.4, -0.2) is 38.0 Å². The van der Waals surface area contributed by atoms with Crippen LogP contribution >= 0.6 is 0 Å². The predicted molar refractivity (Wildman–Crippen MR) is 64.9 cm³/mol. The van der Waals surface area contributed by atoms with E-state index in [1.807, 2.05) is 13.8 Å². The molecule has 0 amide bonds. The number of hydrogen-bond donors (Lipinski definition) is 1. The van der Waals surface area contributed by atoms with E-state index in [0.717, 1.165) is 18.0 Å². The lowest BCUT2D eigenvalue weighted by molar-refractivity contribution is 0.0189. The van der Waals surface area contributed by atoms with Crippen LogP contribution < -0.4 is 5.32 Å². The van der Waals surface area contributed by atoms with Gasteiger partial charge in [-0.3, -0.25) is 0 Å². The highest BCUT2D eigenvalue weighted by Crippen LogP contribution is 2.18. The number of methoxy groups -OCH3 is 2. The van der Waals surface area contributed by atoms with Gasteiger partial charge in [0, 0.05) is 33.7 Å². The fourth-order valence-corrected chi connectivity index (χ4v) is 1.42. The molecule has 1 aromatic rings. The van der Waals surface area contributed by atoms with Gasteiger partial charge in [0.25, 0.3) is 0 Å². The van der Waals surface area contributed by atoms with Crippen molar-refractivity contribution in [3.63, 3.8) is 0 Å². The van der Waals surface area contributed by atoms with E-state index in [0.29, 0.717) is 19.6 Å². The smallest absolute Gasteiger partial charge is 0.181 e. The van der Waals surface area contributed by atoms with Crippen molar-refractivity contribution in [1.82, 2.24) is 10.3 Å². The molecule has 0 aliphatic heterocycles. The predicted octanol–water partition coefficient (Wildman–Crippen LogP) is 1.38. The summed E-state index contributed by atoms with van der Waals surface area (Å²) in [6.45, 7) is 6.23. The normalized spacial score (nSPS) is 12.0. The molecule has 17 heavy (non-hydrogen) atoms. The van der Waals surface area contributed by atoms with E-state index >= 15 is 0 Å². The minimum atomic E-state index is -0.235. The van der Waals surface area contributed by atoms with E-state index in [1.54, 1.807) is 14.2 Å². The lowest BCUT2D eigenvalue weighted by Crippen LogP contribution is -2.26. The van der Waals surface area contributed by atoms with E-state index in [4.69, 9.17) is 13.9 Å². The Labute approximate surface area is 103 Å². The van der Waals surface area contributed by atoms with Gasteiger partial charge in [-0.1, -0.05) is 0 Å². The lowest BCUT2D eigenvalue weighted by Gasteiger charge is -2.21. The number of nitrogens with one attached hydrogen (secondary N) is 1. The minimum Gasteiger partial charge on any atom is -0.448 e. The molecule has 5 heteroatoms. The molecule has 1 rings (SSSR count). The maximum Gasteiger partial charge on any atom is 0.181 e. The third-order valence-electron chi connectivity index (χ3n) is 2.64. The maximum atomic E-state index is 5.40. The van der Waals surface area contributed by atoms with Gasteiger partial charge in [-0.25, -0.2) is 4.98 Å². The van der Waals surface area contributed by atoms with Gasteiger partial charge in [-0.2, -0.15) is 0 Å². The Balaban J connectivity index is 2.48. The molecular weight excluding hydrogens is 220 g/mol. The van der Waals surface area contributed by atoms with Crippen molar-refractivity contribution in [3.05, 3.63) is 17.8 Å². The summed E-state index contributed by atoms with van der Waals surface area (Å²) >= 11 is 0. The van der Waals surface area contributed by atoms with E-state index in [9.17, 15) is 0 Å². The number of aromatic nitrogens is 1. The SMILES string of the molecule is COCCNCc1ncoc1CC(C)(C)OC. The Morgan fingerprint density at radius 2 is 2.18 bits per heavy atom. The van der Waals surface area contributed by atoms with Crippen molar-refractivity contribution in [2.75, 3.05) is 27.4 Å². The van der Waals surface area contributed by atoms with Gasteiger partial charge in [0.15, 0.2) is 6.39 Å². The fraction of sp³-hybridized carbons (Fsp3) is 0.750. The van der Waals surface area contributed by atoms with Gasteiger partial charge < -0.3 is 19.2 Å². The van der Waals surface area contributed by atoms with Crippen LogP contribution in [0.4, 0.5) is 0 Å². The molecule has 0 aliphatic rings. The van der Waals surface area contributed by atoms with Crippen LogP contribution in [0, 0.1) is 0 Å². The molecule has 0 fully saturated rings. The highest BCUT2D eigenvalue weighted by molar-refractivity contribution is 5.09. The first-order valence-electron chi connectivity index (χ1n) is 5.75. The number of oxazole rings is 1. The first kappa shape index (κ1) is 14.2. The standard InChI is InChI=1S/C12H22N2O3/c1-12(2,16-4)7-11-10(14-9-17-11)8-13-5-6-15-3/h9,13H,5-8H2,1-4H3. The zero-order chi connectivity index (χ0) is 12.7. The van der Waals surface area contributed by atoms with Crippen molar-refractivity contribution in [2.45, 2.75) is 32.4 Å². The van der Waals surface area contributed by atoms with Gasteiger partial charge in [-0.15, -0.1) is 0 Å². The molecule has 0 radical (unpaired) electrons. The molecule has 0 bridgehead atoms. The molecule has 0 aromatic carbocycles. The monoisotopic (exact) mass is 242 g/mol. The third kappa shape index (κ3) is 4.85. The van der Waals surface area contributed by atoms with Crippen LogP contribution in [0.1, 0.15) is 25.3 Å². The van der Waals surface area contributed by atoms with Crippen LogP contribution in [0.15, 0.2) is 10.8 Å².